The van der Waals surface area contributed by atoms with E-state index >= 15 is 0 Å². The van der Waals surface area contributed by atoms with Crippen LogP contribution >= 0.6 is 0 Å². The maximum atomic E-state index is 10.6. The first-order chi connectivity index (χ1) is 6.28. The zero-order valence-corrected chi connectivity index (χ0v) is 7.09. The number of carboxylic acids is 2. The molecular formula is C7H8O7. The topological polar surface area (TPSA) is 124 Å². The predicted octanol–water partition coefficient (Wildman–Crippen LogP) is -1.49. The molecule has 4 N–H and O–H groups in total. The van der Waals surface area contributed by atoms with Crippen LogP contribution in [0.25, 0.3) is 0 Å². The van der Waals surface area contributed by atoms with Gasteiger partial charge in [-0.2, -0.15) is 0 Å². The standard InChI is InChI=1S/C7H8O7/c1-7(13)2(4(8)9)3(5(10)11)14-6(7)12/h6,12-13H,1H3,(H,8,9)(H,10,11). The number of aliphatic carboxylic acids is 2. The van der Waals surface area contributed by atoms with Crippen molar-refractivity contribution in [2.75, 3.05) is 0 Å². The highest BCUT2D eigenvalue weighted by molar-refractivity contribution is 5.99. The molecule has 2 unspecified atom stereocenters. The second-order valence-corrected chi connectivity index (χ2v) is 2.93. The lowest BCUT2D eigenvalue weighted by molar-refractivity contribution is -0.161. The van der Waals surface area contributed by atoms with E-state index in [0.29, 0.717) is 0 Å². The summed E-state index contributed by atoms with van der Waals surface area (Å²) in [5.41, 5.74) is -3.09. The van der Waals surface area contributed by atoms with Crippen molar-refractivity contribution in [3.8, 4) is 0 Å². The number of aliphatic hydroxyl groups is 2. The summed E-state index contributed by atoms with van der Waals surface area (Å²) in [7, 11) is 0. The lowest BCUT2D eigenvalue weighted by Crippen LogP contribution is -2.39. The van der Waals surface area contributed by atoms with Crippen molar-refractivity contribution in [3.63, 3.8) is 0 Å². The van der Waals surface area contributed by atoms with Crippen molar-refractivity contribution in [3.05, 3.63) is 11.3 Å². The molecule has 14 heavy (non-hydrogen) atoms. The molecule has 0 aliphatic carbocycles. The van der Waals surface area contributed by atoms with E-state index in [1.54, 1.807) is 0 Å². The van der Waals surface area contributed by atoms with Gasteiger partial charge in [0, 0.05) is 0 Å². The van der Waals surface area contributed by atoms with Gasteiger partial charge in [0.05, 0.1) is 0 Å². The minimum absolute atomic E-state index is 0.863. The van der Waals surface area contributed by atoms with Gasteiger partial charge in [-0.15, -0.1) is 0 Å². The number of aliphatic hydroxyl groups excluding tert-OH is 1. The van der Waals surface area contributed by atoms with E-state index in [1.807, 2.05) is 0 Å². The average Bonchev–Trinajstić information content (AvgIpc) is 2.23. The summed E-state index contributed by atoms with van der Waals surface area (Å²) >= 11 is 0. The van der Waals surface area contributed by atoms with Crippen LogP contribution in [0.4, 0.5) is 0 Å². The monoisotopic (exact) mass is 204 g/mol. The fourth-order valence-corrected chi connectivity index (χ4v) is 1.11. The second kappa shape index (κ2) is 2.96. The van der Waals surface area contributed by atoms with Gasteiger partial charge >= 0.3 is 11.9 Å². The molecule has 0 aromatic carbocycles. The average molecular weight is 204 g/mol. The number of carbonyl (C=O) groups is 2. The van der Waals surface area contributed by atoms with Gasteiger partial charge in [-0.1, -0.05) is 0 Å². The Labute approximate surface area is 77.8 Å². The SMILES string of the molecule is CC1(O)C(C(=O)O)=C(C(=O)O)OC1O. The van der Waals surface area contributed by atoms with Gasteiger partial charge in [0.1, 0.15) is 5.57 Å². The first kappa shape index (κ1) is 10.5. The number of hydrogen-bond acceptors (Lipinski definition) is 5. The van der Waals surface area contributed by atoms with Crippen molar-refractivity contribution in [1.29, 1.82) is 0 Å². The van der Waals surface area contributed by atoms with Gasteiger partial charge < -0.3 is 25.2 Å². The van der Waals surface area contributed by atoms with Crippen LogP contribution in [0.15, 0.2) is 11.3 Å². The van der Waals surface area contributed by atoms with E-state index in [4.69, 9.17) is 15.3 Å². The van der Waals surface area contributed by atoms with E-state index in [9.17, 15) is 14.7 Å². The molecule has 0 bridgehead atoms. The molecule has 7 nitrogen and oxygen atoms in total. The molecule has 0 fully saturated rings. The Morgan fingerprint density at radius 1 is 1.36 bits per heavy atom. The second-order valence-electron chi connectivity index (χ2n) is 2.93. The van der Waals surface area contributed by atoms with E-state index in [0.717, 1.165) is 6.92 Å². The Balaban J connectivity index is 3.28. The molecule has 78 valence electrons. The Morgan fingerprint density at radius 3 is 2.14 bits per heavy atom. The lowest BCUT2D eigenvalue weighted by Gasteiger charge is -2.19. The van der Waals surface area contributed by atoms with Crippen LogP contribution in [0, 0.1) is 0 Å². The quantitative estimate of drug-likeness (QED) is 0.431. The maximum absolute atomic E-state index is 10.6. The highest BCUT2D eigenvalue weighted by Crippen LogP contribution is 2.33. The van der Waals surface area contributed by atoms with Crippen molar-refractivity contribution in [2.24, 2.45) is 0 Å². The molecular weight excluding hydrogens is 196 g/mol. The third-order valence-corrected chi connectivity index (χ3v) is 1.85. The van der Waals surface area contributed by atoms with Crippen LogP contribution in [-0.4, -0.2) is 44.3 Å². The molecule has 0 amide bonds. The van der Waals surface area contributed by atoms with E-state index in [1.165, 1.54) is 0 Å². The highest BCUT2D eigenvalue weighted by Gasteiger charge is 2.50. The first-order valence-corrected chi connectivity index (χ1v) is 3.57. The summed E-state index contributed by atoms with van der Waals surface area (Å²) < 4.78 is 4.32. The summed E-state index contributed by atoms with van der Waals surface area (Å²) in [5.74, 6) is -4.25. The van der Waals surface area contributed by atoms with Crippen molar-refractivity contribution in [2.45, 2.75) is 18.8 Å². The van der Waals surface area contributed by atoms with Crippen LogP contribution in [-0.2, 0) is 14.3 Å². The molecule has 0 saturated carbocycles. The van der Waals surface area contributed by atoms with Gasteiger partial charge in [0.15, 0.2) is 5.60 Å². The van der Waals surface area contributed by atoms with Gasteiger partial charge in [-0.05, 0) is 6.92 Å². The van der Waals surface area contributed by atoms with Crippen LogP contribution in [0.3, 0.4) is 0 Å². The molecule has 0 saturated heterocycles. The van der Waals surface area contributed by atoms with Crippen LogP contribution in [0.1, 0.15) is 6.92 Å². The molecule has 2 atom stereocenters. The van der Waals surface area contributed by atoms with Gasteiger partial charge in [0.25, 0.3) is 0 Å². The maximum Gasteiger partial charge on any atom is 0.371 e. The molecule has 1 heterocycles. The third kappa shape index (κ3) is 1.32. The molecule has 1 rings (SSSR count). The fraction of sp³-hybridized carbons (Fsp3) is 0.429. The Hall–Kier alpha value is -1.60. The lowest BCUT2D eigenvalue weighted by atomic mass is 9.96. The summed E-state index contributed by atoms with van der Waals surface area (Å²) in [6.45, 7) is 0.955. The van der Waals surface area contributed by atoms with Crippen molar-refractivity contribution in [1.82, 2.24) is 0 Å². The smallest absolute Gasteiger partial charge is 0.371 e. The summed E-state index contributed by atoms with van der Waals surface area (Å²) in [4.78, 5) is 21.1. The molecule has 0 aromatic rings. The fourth-order valence-electron chi connectivity index (χ4n) is 1.11. The largest absolute Gasteiger partial charge is 0.478 e. The Kier molecular flexibility index (Phi) is 2.22. The number of ether oxygens (including phenoxy) is 1. The van der Waals surface area contributed by atoms with E-state index in [2.05, 4.69) is 4.74 Å². The molecule has 1 aliphatic heterocycles. The van der Waals surface area contributed by atoms with Crippen LogP contribution < -0.4 is 0 Å². The summed E-state index contributed by atoms with van der Waals surface area (Å²) in [6, 6.07) is 0. The minimum atomic E-state index is -2.22. The molecule has 0 radical (unpaired) electrons. The number of carboxylic acid groups (broad SMARTS) is 2. The third-order valence-electron chi connectivity index (χ3n) is 1.85. The summed E-state index contributed by atoms with van der Waals surface area (Å²) in [6.07, 6.45) is -1.89. The Bertz CT molecular complexity index is 327. The van der Waals surface area contributed by atoms with Gasteiger partial charge in [0.2, 0.25) is 12.0 Å². The first-order valence-electron chi connectivity index (χ1n) is 3.57. The molecule has 0 spiro atoms. The van der Waals surface area contributed by atoms with Crippen LogP contribution in [0.5, 0.6) is 0 Å². The Morgan fingerprint density at radius 2 is 1.86 bits per heavy atom. The van der Waals surface area contributed by atoms with E-state index < -0.39 is 35.2 Å². The molecule has 1 aliphatic rings. The summed E-state index contributed by atoms with van der Waals surface area (Å²) in [5, 5.41) is 35.6. The predicted molar refractivity (Wildman–Crippen MR) is 40.0 cm³/mol. The minimum Gasteiger partial charge on any atom is -0.478 e. The van der Waals surface area contributed by atoms with Crippen molar-refractivity contribution >= 4 is 11.9 Å². The molecule has 0 aromatic heterocycles. The zero-order valence-electron chi connectivity index (χ0n) is 7.09. The van der Waals surface area contributed by atoms with Gasteiger partial charge in [-0.3, -0.25) is 0 Å². The zero-order chi connectivity index (χ0) is 11.1. The number of hydrogen-bond donors (Lipinski definition) is 4. The van der Waals surface area contributed by atoms with Gasteiger partial charge in [-0.25, -0.2) is 9.59 Å². The van der Waals surface area contributed by atoms with Crippen LogP contribution in [0.2, 0.25) is 0 Å². The molecule has 7 heteroatoms. The normalized spacial score (nSPS) is 31.5. The van der Waals surface area contributed by atoms with E-state index in [-0.39, 0.29) is 0 Å². The van der Waals surface area contributed by atoms with Crippen molar-refractivity contribution < 1.29 is 34.8 Å². The number of rotatable bonds is 2. The highest BCUT2D eigenvalue weighted by atomic mass is 16.6.